The topological polar surface area (TPSA) is 182 Å². The third-order valence-corrected chi connectivity index (χ3v) is 11.1. The van der Waals surface area contributed by atoms with Crippen LogP contribution >= 0.6 is 23.1 Å². The summed E-state index contributed by atoms with van der Waals surface area (Å²) >= 11 is 2.00. The zero-order valence-corrected chi connectivity index (χ0v) is 30.6. The Kier molecular flexibility index (Phi) is 10.6. The van der Waals surface area contributed by atoms with E-state index < -0.39 is 68.3 Å². The molecule has 3 aromatic rings. The molecule has 286 valence electrons. The molecule has 0 saturated carbocycles. The van der Waals surface area contributed by atoms with E-state index in [1.807, 2.05) is 6.07 Å². The number of β-lactam (4-membered cyclic amide) rings is 1. The lowest BCUT2D eigenvalue weighted by atomic mass is 10.0. The standard InChI is InChI=1S/C34H33F3N6O9S2/c1-33(2,3)52-30(47)25-19(17-53-29-24(28(46)42(25)29)38-23(44)13-18-7-5-4-6-8-18)16-51-32(48)41-11-9-40(10-12-41)31-39-27(45)21-14-20(34(35,36)37)15-22(43(49)50)26(21)54-31/h4-8,14-15,24,29H,9-13,16-17H2,1-3H3,(H,38,44)/t24-,29-/m1/s1. The number of amides is 3. The van der Waals surface area contributed by atoms with Gasteiger partial charge in [-0.25, -0.2) is 9.59 Å². The van der Waals surface area contributed by atoms with E-state index in [9.17, 15) is 47.3 Å². The number of fused-ring (bicyclic) bond motifs is 2. The smallest absolute Gasteiger partial charge is 0.416 e. The number of benzene rings is 2. The Labute approximate surface area is 313 Å². The molecule has 20 heteroatoms. The Morgan fingerprint density at radius 1 is 1.06 bits per heavy atom. The van der Waals surface area contributed by atoms with Crippen LogP contribution in [-0.2, 0) is 36.5 Å². The van der Waals surface area contributed by atoms with Gasteiger partial charge >= 0.3 is 18.2 Å². The van der Waals surface area contributed by atoms with E-state index in [1.165, 1.54) is 21.6 Å². The molecule has 0 aliphatic carbocycles. The molecule has 3 aliphatic heterocycles. The summed E-state index contributed by atoms with van der Waals surface area (Å²) in [5.41, 5.74) is -3.13. The second-order valence-corrected chi connectivity index (χ2v) is 15.6. The average molecular weight is 791 g/mol. The summed E-state index contributed by atoms with van der Waals surface area (Å²) in [5.74, 6) is -1.45. The minimum atomic E-state index is -4.91. The number of nitro benzene ring substituents is 1. The molecule has 1 aromatic heterocycles. The lowest BCUT2D eigenvalue weighted by molar-refractivity contribution is -0.383. The number of piperazine rings is 1. The fourth-order valence-electron chi connectivity index (χ4n) is 6.01. The highest BCUT2D eigenvalue weighted by Crippen LogP contribution is 2.42. The number of alkyl halides is 3. The van der Waals surface area contributed by atoms with Gasteiger partial charge in [-0.05, 0) is 32.4 Å². The third kappa shape index (κ3) is 8.13. The molecule has 54 heavy (non-hydrogen) atoms. The first-order chi connectivity index (χ1) is 25.4. The Balaban J connectivity index is 1.12. The maximum absolute atomic E-state index is 13.4. The van der Waals surface area contributed by atoms with E-state index >= 15 is 0 Å². The Hall–Kier alpha value is -5.24. The van der Waals surface area contributed by atoms with Gasteiger partial charge in [0, 0.05) is 43.6 Å². The SMILES string of the molecule is CC(C)(C)OC(=O)C1=C(COC(=O)N2CCN(c3nc(=O)c4cc(C(F)(F)F)cc([N+](=O)[O-])c4s3)CC2)CS[C@@H]2[C@H](NC(=O)Cc3ccccc3)C(=O)N12. The molecular weight excluding hydrogens is 758 g/mol. The van der Waals surface area contributed by atoms with Crippen molar-refractivity contribution in [1.82, 2.24) is 20.1 Å². The number of rotatable bonds is 8. The molecule has 0 unspecified atom stereocenters. The molecule has 2 saturated heterocycles. The molecule has 6 rings (SSSR count). The zero-order chi connectivity index (χ0) is 39.1. The van der Waals surface area contributed by atoms with Gasteiger partial charge in [-0.1, -0.05) is 41.7 Å². The summed E-state index contributed by atoms with van der Waals surface area (Å²) in [7, 11) is 0. The molecule has 4 heterocycles. The zero-order valence-electron chi connectivity index (χ0n) is 29.0. The number of carbonyl (C=O) groups excluding carboxylic acids is 4. The monoisotopic (exact) mass is 790 g/mol. The van der Waals surface area contributed by atoms with Crippen molar-refractivity contribution in [2.24, 2.45) is 0 Å². The maximum Gasteiger partial charge on any atom is 0.416 e. The number of carbonyl (C=O) groups is 4. The van der Waals surface area contributed by atoms with E-state index in [4.69, 9.17) is 9.47 Å². The molecule has 3 aliphatic rings. The van der Waals surface area contributed by atoms with Crippen molar-refractivity contribution in [2.45, 2.75) is 50.4 Å². The van der Waals surface area contributed by atoms with Crippen LogP contribution in [0.25, 0.3) is 10.1 Å². The molecule has 3 amide bonds. The van der Waals surface area contributed by atoms with E-state index in [-0.39, 0.29) is 66.4 Å². The second-order valence-electron chi connectivity index (χ2n) is 13.5. The van der Waals surface area contributed by atoms with Crippen molar-refractivity contribution >= 4 is 67.9 Å². The molecule has 15 nitrogen and oxygen atoms in total. The fourth-order valence-corrected chi connectivity index (χ4v) is 8.46. The van der Waals surface area contributed by atoms with Crippen LogP contribution in [0, 0.1) is 10.1 Å². The van der Waals surface area contributed by atoms with Crippen molar-refractivity contribution in [1.29, 1.82) is 0 Å². The normalized spacial score (nSPS) is 18.9. The van der Waals surface area contributed by atoms with Crippen molar-refractivity contribution < 1.29 is 46.7 Å². The van der Waals surface area contributed by atoms with Crippen LogP contribution in [0.4, 0.5) is 28.8 Å². The molecular formula is C34H33F3N6O9S2. The van der Waals surface area contributed by atoms with Crippen LogP contribution in [0.5, 0.6) is 0 Å². The van der Waals surface area contributed by atoms with Crippen LogP contribution < -0.4 is 15.8 Å². The van der Waals surface area contributed by atoms with Gasteiger partial charge < -0.3 is 24.6 Å². The molecule has 2 aromatic carbocycles. The van der Waals surface area contributed by atoms with Crippen LogP contribution in [0.2, 0.25) is 0 Å². The summed E-state index contributed by atoms with van der Waals surface area (Å²) in [5, 5.41) is 13.3. The van der Waals surface area contributed by atoms with E-state index in [0.717, 1.165) is 5.56 Å². The summed E-state index contributed by atoms with van der Waals surface area (Å²) in [4.78, 5) is 84.3. The number of hydrogen-bond acceptors (Lipinski definition) is 13. The Bertz CT molecular complexity index is 2120. The predicted molar refractivity (Wildman–Crippen MR) is 191 cm³/mol. The minimum Gasteiger partial charge on any atom is -0.455 e. The van der Waals surface area contributed by atoms with Gasteiger partial charge in [-0.15, -0.1) is 11.8 Å². The van der Waals surface area contributed by atoms with Crippen LogP contribution in [0.3, 0.4) is 0 Å². The van der Waals surface area contributed by atoms with Gasteiger partial charge in [0.25, 0.3) is 17.2 Å². The fraction of sp³-hybridized carbons (Fsp3) is 0.412. The molecule has 2 atom stereocenters. The van der Waals surface area contributed by atoms with E-state index in [2.05, 4.69) is 10.3 Å². The van der Waals surface area contributed by atoms with Gasteiger partial charge in [0.05, 0.1) is 22.3 Å². The Morgan fingerprint density at radius 3 is 2.37 bits per heavy atom. The van der Waals surface area contributed by atoms with Gasteiger partial charge in [-0.2, -0.15) is 18.2 Å². The highest BCUT2D eigenvalue weighted by molar-refractivity contribution is 8.00. The van der Waals surface area contributed by atoms with Crippen LogP contribution in [0.1, 0.15) is 31.9 Å². The molecule has 0 bridgehead atoms. The van der Waals surface area contributed by atoms with Crippen molar-refractivity contribution in [3.63, 3.8) is 0 Å². The third-order valence-electron chi connectivity index (χ3n) is 8.56. The Morgan fingerprint density at radius 2 is 1.74 bits per heavy atom. The first-order valence-electron chi connectivity index (χ1n) is 16.5. The minimum absolute atomic E-state index is 0.0399. The number of nitro groups is 1. The largest absolute Gasteiger partial charge is 0.455 e. The van der Waals surface area contributed by atoms with Crippen molar-refractivity contribution in [3.8, 4) is 0 Å². The number of hydrogen-bond donors (Lipinski definition) is 1. The lowest BCUT2D eigenvalue weighted by Crippen LogP contribution is -2.71. The van der Waals surface area contributed by atoms with E-state index in [1.54, 1.807) is 49.9 Å². The van der Waals surface area contributed by atoms with Gasteiger partial charge in [0.2, 0.25) is 5.91 Å². The summed E-state index contributed by atoms with van der Waals surface area (Å²) in [6.45, 7) is 5.02. The van der Waals surface area contributed by atoms with Crippen molar-refractivity contribution in [3.05, 3.63) is 85.3 Å². The number of aromatic nitrogens is 1. The van der Waals surface area contributed by atoms with Crippen LogP contribution in [-0.4, -0.2) is 99.1 Å². The number of ether oxygens (including phenoxy) is 2. The number of esters is 1. The number of anilines is 1. The van der Waals surface area contributed by atoms with Crippen molar-refractivity contribution in [2.75, 3.05) is 43.4 Å². The molecule has 1 N–H and O–H groups in total. The number of non-ortho nitro benzene ring substituents is 1. The van der Waals surface area contributed by atoms with E-state index in [0.29, 0.717) is 29.0 Å². The number of nitrogens with zero attached hydrogens (tertiary/aromatic N) is 5. The molecule has 0 radical (unpaired) electrons. The summed E-state index contributed by atoms with van der Waals surface area (Å²) in [6.07, 6.45) is -5.59. The highest BCUT2D eigenvalue weighted by Gasteiger charge is 2.55. The highest BCUT2D eigenvalue weighted by atomic mass is 32.2. The number of thioether (sulfide) groups is 1. The van der Waals surface area contributed by atoms with Gasteiger partial charge in [0.15, 0.2) is 5.13 Å². The lowest BCUT2D eigenvalue weighted by Gasteiger charge is -2.50. The quantitative estimate of drug-likeness (QED) is 0.150. The average Bonchev–Trinajstić information content (AvgIpc) is 3.11. The number of halogens is 3. The molecule has 2 fully saturated rings. The first kappa shape index (κ1) is 38.5. The second kappa shape index (κ2) is 14.9. The number of nitrogens with one attached hydrogen (secondary N) is 1. The predicted octanol–water partition coefficient (Wildman–Crippen LogP) is 4.08. The maximum atomic E-state index is 13.4. The summed E-state index contributed by atoms with van der Waals surface area (Å²) < 4.78 is 51.0. The molecule has 0 spiro atoms. The van der Waals surface area contributed by atoms with Gasteiger partial charge in [-0.3, -0.25) is 29.4 Å². The van der Waals surface area contributed by atoms with Gasteiger partial charge in [0.1, 0.15) is 34.0 Å². The van der Waals surface area contributed by atoms with Crippen LogP contribution in [0.15, 0.2) is 58.5 Å². The summed E-state index contributed by atoms with van der Waals surface area (Å²) in [6, 6.07) is 9.07. The first-order valence-corrected chi connectivity index (χ1v) is 18.4.